The standard InChI is InChI=1S/C20H33N3O5S/c1-6-20(4,18(26)21-13-10-8-7-9-11-13)22(5)17(25)16-19(2,3)29(27,28)15-12-14(24)23(15)16/h13,15-16H,6-12H2,1-5H3,(H,21,26). The van der Waals surface area contributed by atoms with E-state index in [1.165, 1.54) is 37.1 Å². The van der Waals surface area contributed by atoms with Gasteiger partial charge >= 0.3 is 0 Å². The molecule has 0 aromatic rings. The highest BCUT2D eigenvalue weighted by atomic mass is 32.2. The highest BCUT2D eigenvalue weighted by Gasteiger charge is 2.68. The van der Waals surface area contributed by atoms with E-state index in [1.54, 1.807) is 6.92 Å². The number of likely N-dealkylation sites (N-methyl/N-ethyl adjacent to an activating group) is 1. The third kappa shape index (κ3) is 3.16. The topological polar surface area (TPSA) is 104 Å². The van der Waals surface area contributed by atoms with Gasteiger partial charge in [0.1, 0.15) is 17.0 Å². The molecular formula is C20H33N3O5S. The van der Waals surface area contributed by atoms with E-state index in [0.29, 0.717) is 6.42 Å². The number of carbonyl (C=O) groups is 3. The van der Waals surface area contributed by atoms with E-state index < -0.39 is 37.4 Å². The molecule has 2 saturated heterocycles. The van der Waals surface area contributed by atoms with Crippen LogP contribution in [0.5, 0.6) is 0 Å². The van der Waals surface area contributed by atoms with Crippen molar-refractivity contribution in [3.05, 3.63) is 0 Å². The molecule has 3 fully saturated rings. The summed E-state index contributed by atoms with van der Waals surface area (Å²) in [6.07, 6.45) is 5.50. The molecule has 8 nitrogen and oxygen atoms in total. The zero-order valence-corrected chi connectivity index (χ0v) is 18.8. The van der Waals surface area contributed by atoms with Crippen LogP contribution in [0.1, 0.15) is 72.6 Å². The Bertz CT molecular complexity index is 818. The minimum Gasteiger partial charge on any atom is -0.351 e. The Morgan fingerprint density at radius 3 is 2.34 bits per heavy atom. The quantitative estimate of drug-likeness (QED) is 0.664. The van der Waals surface area contributed by atoms with Crippen molar-refractivity contribution in [2.24, 2.45) is 0 Å². The van der Waals surface area contributed by atoms with E-state index in [0.717, 1.165) is 25.7 Å². The lowest BCUT2D eigenvalue weighted by atomic mass is 9.89. The number of nitrogens with one attached hydrogen (secondary N) is 1. The maximum atomic E-state index is 13.5. The van der Waals surface area contributed by atoms with Crippen LogP contribution in [-0.2, 0) is 24.2 Å². The minimum absolute atomic E-state index is 0.0769. The smallest absolute Gasteiger partial charge is 0.247 e. The molecule has 3 amide bonds. The van der Waals surface area contributed by atoms with Crippen LogP contribution in [0.2, 0.25) is 0 Å². The van der Waals surface area contributed by atoms with Gasteiger partial charge in [-0.1, -0.05) is 26.2 Å². The molecule has 3 rings (SSSR count). The Hall–Kier alpha value is -1.64. The monoisotopic (exact) mass is 427 g/mol. The molecule has 0 bridgehead atoms. The summed E-state index contributed by atoms with van der Waals surface area (Å²) in [6, 6.07) is -1.01. The van der Waals surface area contributed by atoms with Gasteiger partial charge in [0, 0.05) is 13.1 Å². The SMILES string of the molecule is CCC(C)(C(=O)NC1CCCCC1)N(C)C(=O)C1N2C(=O)CC2S(=O)(=O)C1(C)C. The normalized spacial score (nSPS) is 30.1. The van der Waals surface area contributed by atoms with Gasteiger partial charge < -0.3 is 15.1 Å². The average Bonchev–Trinajstić information content (AvgIpc) is 2.80. The fourth-order valence-corrected chi connectivity index (χ4v) is 6.92. The molecule has 9 heteroatoms. The first-order valence-corrected chi connectivity index (χ1v) is 12.1. The van der Waals surface area contributed by atoms with Crippen molar-refractivity contribution in [3.63, 3.8) is 0 Å². The first kappa shape index (κ1) is 22.1. The second-order valence-electron chi connectivity index (χ2n) is 9.34. The molecule has 2 heterocycles. The zero-order valence-electron chi connectivity index (χ0n) is 18.0. The summed E-state index contributed by atoms with van der Waals surface area (Å²) in [6.45, 7) is 6.53. The second-order valence-corrected chi connectivity index (χ2v) is 12.0. The summed E-state index contributed by atoms with van der Waals surface area (Å²) in [5.74, 6) is -1.06. The molecule has 0 aromatic carbocycles. The van der Waals surface area contributed by atoms with Gasteiger partial charge in [-0.3, -0.25) is 14.4 Å². The number of sulfone groups is 1. The zero-order chi connectivity index (χ0) is 21.8. The number of β-lactam (4-membered cyclic amide) rings is 1. The summed E-state index contributed by atoms with van der Waals surface area (Å²) in [7, 11) is -2.13. The van der Waals surface area contributed by atoms with E-state index in [-0.39, 0.29) is 24.3 Å². The number of rotatable bonds is 5. The highest BCUT2D eigenvalue weighted by Crippen LogP contribution is 2.46. The molecular weight excluding hydrogens is 394 g/mol. The van der Waals surface area contributed by atoms with Crippen molar-refractivity contribution < 1.29 is 22.8 Å². The Labute approximate surface area is 173 Å². The molecule has 3 aliphatic rings. The second kappa shape index (κ2) is 7.25. The number of amides is 3. The van der Waals surface area contributed by atoms with Crippen LogP contribution >= 0.6 is 0 Å². The van der Waals surface area contributed by atoms with Crippen LogP contribution in [0.3, 0.4) is 0 Å². The maximum Gasteiger partial charge on any atom is 0.247 e. The molecule has 1 N–H and O–H groups in total. The van der Waals surface area contributed by atoms with Crippen LogP contribution in [-0.4, -0.2) is 70.7 Å². The molecule has 0 aromatic heterocycles. The van der Waals surface area contributed by atoms with Crippen molar-refractivity contribution in [2.45, 2.75) is 100 Å². The fourth-order valence-electron chi connectivity index (χ4n) is 4.79. The number of carbonyl (C=O) groups excluding carboxylic acids is 3. The Morgan fingerprint density at radius 1 is 1.24 bits per heavy atom. The van der Waals surface area contributed by atoms with Gasteiger partial charge in [0.2, 0.25) is 17.7 Å². The van der Waals surface area contributed by atoms with E-state index in [1.807, 2.05) is 6.92 Å². The predicted molar refractivity (Wildman–Crippen MR) is 109 cm³/mol. The summed E-state index contributed by atoms with van der Waals surface area (Å²) in [5.41, 5.74) is -1.12. The summed E-state index contributed by atoms with van der Waals surface area (Å²) in [5, 5.41) is 2.15. The van der Waals surface area contributed by atoms with Gasteiger partial charge in [-0.05, 0) is 40.0 Å². The summed E-state index contributed by atoms with van der Waals surface area (Å²) >= 11 is 0. The van der Waals surface area contributed by atoms with Crippen LogP contribution in [0.4, 0.5) is 0 Å². The van der Waals surface area contributed by atoms with E-state index in [2.05, 4.69) is 5.32 Å². The first-order chi connectivity index (χ1) is 13.4. The summed E-state index contributed by atoms with van der Waals surface area (Å²) in [4.78, 5) is 41.3. The lowest BCUT2D eigenvalue weighted by Crippen LogP contribution is -2.65. The van der Waals surface area contributed by atoms with E-state index >= 15 is 0 Å². The molecule has 0 spiro atoms. The number of hydrogen-bond donors (Lipinski definition) is 1. The Balaban J connectivity index is 1.85. The van der Waals surface area contributed by atoms with Gasteiger partial charge in [0.25, 0.3) is 0 Å². The molecule has 1 saturated carbocycles. The minimum atomic E-state index is -3.66. The number of fused-ring (bicyclic) bond motifs is 1. The molecule has 3 unspecified atom stereocenters. The molecule has 2 aliphatic heterocycles. The third-order valence-corrected chi connectivity index (χ3v) is 10.2. The predicted octanol–water partition coefficient (Wildman–Crippen LogP) is 1.20. The van der Waals surface area contributed by atoms with Gasteiger partial charge in [0.15, 0.2) is 9.84 Å². The van der Waals surface area contributed by atoms with Crippen molar-refractivity contribution in [3.8, 4) is 0 Å². The summed E-state index contributed by atoms with van der Waals surface area (Å²) < 4.78 is 24.3. The van der Waals surface area contributed by atoms with Crippen molar-refractivity contribution >= 4 is 27.6 Å². The van der Waals surface area contributed by atoms with E-state index in [4.69, 9.17) is 0 Å². The van der Waals surface area contributed by atoms with Crippen molar-refractivity contribution in [1.29, 1.82) is 0 Å². The van der Waals surface area contributed by atoms with Gasteiger partial charge in [-0.15, -0.1) is 0 Å². The average molecular weight is 428 g/mol. The third-order valence-electron chi connectivity index (χ3n) is 7.40. The Kier molecular flexibility index (Phi) is 5.51. The highest BCUT2D eigenvalue weighted by molar-refractivity contribution is 7.93. The number of nitrogens with zero attached hydrogens (tertiary/aromatic N) is 2. The molecule has 164 valence electrons. The van der Waals surface area contributed by atoms with Gasteiger partial charge in [0.05, 0.1) is 11.2 Å². The molecule has 3 atom stereocenters. The lowest BCUT2D eigenvalue weighted by molar-refractivity contribution is -0.158. The van der Waals surface area contributed by atoms with Crippen molar-refractivity contribution in [1.82, 2.24) is 15.1 Å². The van der Waals surface area contributed by atoms with Crippen LogP contribution in [0, 0.1) is 0 Å². The van der Waals surface area contributed by atoms with Crippen LogP contribution in [0.15, 0.2) is 0 Å². The largest absolute Gasteiger partial charge is 0.351 e. The molecule has 29 heavy (non-hydrogen) atoms. The van der Waals surface area contributed by atoms with Crippen LogP contribution < -0.4 is 5.32 Å². The lowest BCUT2D eigenvalue weighted by Gasteiger charge is -2.43. The molecule has 1 aliphatic carbocycles. The van der Waals surface area contributed by atoms with Crippen LogP contribution in [0.25, 0.3) is 0 Å². The number of hydrogen-bond acceptors (Lipinski definition) is 5. The van der Waals surface area contributed by atoms with E-state index in [9.17, 15) is 22.8 Å². The maximum absolute atomic E-state index is 13.5. The molecule has 0 radical (unpaired) electrons. The van der Waals surface area contributed by atoms with Gasteiger partial charge in [-0.2, -0.15) is 0 Å². The first-order valence-electron chi connectivity index (χ1n) is 10.5. The van der Waals surface area contributed by atoms with Crippen molar-refractivity contribution in [2.75, 3.05) is 7.05 Å². The fraction of sp³-hybridized carbons (Fsp3) is 0.850. The van der Waals surface area contributed by atoms with Gasteiger partial charge in [-0.25, -0.2) is 8.42 Å². The Morgan fingerprint density at radius 2 is 1.83 bits per heavy atom.